The number of nitrogens with one attached hydrogen (secondary N) is 1. The first-order chi connectivity index (χ1) is 20.1. The van der Waals surface area contributed by atoms with Crippen molar-refractivity contribution in [3.63, 3.8) is 0 Å². The van der Waals surface area contributed by atoms with Gasteiger partial charge in [-0.25, -0.2) is 0 Å². The van der Waals surface area contributed by atoms with E-state index in [1.807, 2.05) is 41.3 Å². The Balaban J connectivity index is 1.15. The molecule has 41 heavy (non-hydrogen) atoms. The Hall–Kier alpha value is -3.06. The Labute approximate surface area is 245 Å². The number of benzene rings is 2. The molecule has 2 amide bonds. The summed E-state index contributed by atoms with van der Waals surface area (Å²) in [5.74, 6) is 1.88. The number of ether oxygens (including phenoxy) is 2. The average Bonchev–Trinajstić information content (AvgIpc) is 3.01. The quantitative estimate of drug-likeness (QED) is 0.524. The van der Waals surface area contributed by atoms with Crippen LogP contribution in [0.25, 0.3) is 0 Å². The SMILES string of the molecule is O=C1CCCOc2ccccc2CCCCC2(CCN(C(=O)c3cccc(OCCN4CCCCC4)c3)CC2)CN1. The molecule has 0 atom stereocenters. The number of carbonyl (C=O) groups excluding carboxylic acids is 2. The second kappa shape index (κ2) is 14.7. The van der Waals surface area contributed by atoms with Gasteiger partial charge in [0.05, 0.1) is 6.61 Å². The molecule has 2 fully saturated rings. The molecule has 3 aliphatic heterocycles. The summed E-state index contributed by atoms with van der Waals surface area (Å²) in [4.78, 5) is 30.6. The van der Waals surface area contributed by atoms with Crippen LogP contribution >= 0.6 is 0 Å². The number of rotatable bonds is 5. The number of hydrogen-bond donors (Lipinski definition) is 1. The lowest BCUT2D eigenvalue weighted by molar-refractivity contribution is -0.122. The van der Waals surface area contributed by atoms with Crippen molar-refractivity contribution in [2.75, 3.05) is 52.5 Å². The highest BCUT2D eigenvalue weighted by Gasteiger charge is 2.36. The van der Waals surface area contributed by atoms with Gasteiger partial charge in [-0.1, -0.05) is 37.1 Å². The molecule has 2 aromatic rings. The van der Waals surface area contributed by atoms with E-state index in [1.165, 1.54) is 24.8 Å². The normalized spacial score (nSPS) is 20.8. The smallest absolute Gasteiger partial charge is 0.253 e. The van der Waals surface area contributed by atoms with E-state index >= 15 is 0 Å². The van der Waals surface area contributed by atoms with Crippen LogP contribution in [0.15, 0.2) is 48.5 Å². The molecule has 1 N–H and O–H groups in total. The molecular weight excluding hydrogens is 514 g/mol. The van der Waals surface area contributed by atoms with Crippen LogP contribution in [0.4, 0.5) is 0 Å². The van der Waals surface area contributed by atoms with Gasteiger partial charge in [-0.15, -0.1) is 0 Å². The van der Waals surface area contributed by atoms with E-state index in [1.54, 1.807) is 0 Å². The van der Waals surface area contributed by atoms with Gasteiger partial charge in [-0.05, 0) is 99.7 Å². The lowest BCUT2D eigenvalue weighted by atomic mass is 9.74. The number of hydrogen-bond acceptors (Lipinski definition) is 5. The highest BCUT2D eigenvalue weighted by atomic mass is 16.5. The first kappa shape index (κ1) is 29.4. The summed E-state index contributed by atoms with van der Waals surface area (Å²) in [7, 11) is 0. The molecule has 0 unspecified atom stereocenters. The molecular formula is C34H47N3O4. The van der Waals surface area contributed by atoms with Crippen LogP contribution in [0, 0.1) is 5.41 Å². The van der Waals surface area contributed by atoms with Crippen LogP contribution in [-0.4, -0.2) is 74.1 Å². The van der Waals surface area contributed by atoms with Gasteiger partial charge < -0.3 is 19.7 Å². The number of carbonyl (C=O) groups is 2. The number of para-hydroxylation sites is 1. The van der Waals surface area contributed by atoms with Gasteiger partial charge in [0.25, 0.3) is 5.91 Å². The molecule has 1 spiro atoms. The minimum absolute atomic E-state index is 0.0337. The molecule has 5 rings (SSSR count). The van der Waals surface area contributed by atoms with E-state index < -0.39 is 0 Å². The Bertz CT molecular complexity index is 1140. The van der Waals surface area contributed by atoms with Crippen molar-refractivity contribution in [3.8, 4) is 11.5 Å². The van der Waals surface area contributed by atoms with E-state index in [0.717, 1.165) is 69.7 Å². The first-order valence-electron chi connectivity index (χ1n) is 15.8. The maximum absolute atomic E-state index is 13.5. The predicted octanol–water partition coefficient (Wildman–Crippen LogP) is 5.48. The largest absolute Gasteiger partial charge is 0.493 e. The van der Waals surface area contributed by atoms with Crippen molar-refractivity contribution in [1.29, 1.82) is 0 Å². The third-order valence-electron chi connectivity index (χ3n) is 9.16. The minimum atomic E-state index is 0.0337. The van der Waals surface area contributed by atoms with Crippen molar-refractivity contribution in [2.45, 2.75) is 70.6 Å². The maximum atomic E-state index is 13.5. The number of fused-ring (bicyclic) bond motifs is 1. The zero-order valence-corrected chi connectivity index (χ0v) is 24.6. The molecule has 0 bridgehead atoms. The summed E-state index contributed by atoms with van der Waals surface area (Å²) >= 11 is 0. The molecule has 2 aromatic carbocycles. The summed E-state index contributed by atoms with van der Waals surface area (Å²) < 4.78 is 12.0. The van der Waals surface area contributed by atoms with Crippen LogP contribution < -0.4 is 14.8 Å². The van der Waals surface area contributed by atoms with Crippen molar-refractivity contribution in [3.05, 3.63) is 59.7 Å². The van der Waals surface area contributed by atoms with Gasteiger partial charge in [-0.2, -0.15) is 0 Å². The van der Waals surface area contributed by atoms with Crippen LogP contribution in [0.1, 0.15) is 80.1 Å². The number of amides is 2. The van der Waals surface area contributed by atoms with Crippen LogP contribution in [0.5, 0.6) is 11.5 Å². The third-order valence-corrected chi connectivity index (χ3v) is 9.16. The zero-order valence-electron chi connectivity index (χ0n) is 24.6. The second-order valence-electron chi connectivity index (χ2n) is 12.1. The van der Waals surface area contributed by atoms with Crippen LogP contribution in [-0.2, 0) is 11.2 Å². The van der Waals surface area contributed by atoms with Crippen molar-refractivity contribution >= 4 is 11.8 Å². The standard InChI is InChI=1S/C34H47N3O4/c38-32-15-9-24-41-31-14-3-2-10-28(31)11-4-5-16-34(27-35-32)17-21-37(22-18-34)33(39)29-12-8-13-30(26-29)40-25-23-36-19-6-1-7-20-36/h2-3,8,10,12-14,26H,1,4-7,9,11,15-25,27H2,(H,35,38). The average molecular weight is 562 g/mol. The second-order valence-corrected chi connectivity index (χ2v) is 12.1. The molecule has 0 saturated carbocycles. The number of nitrogens with zero attached hydrogens (tertiary/aromatic N) is 2. The van der Waals surface area contributed by atoms with Gasteiger partial charge in [0.15, 0.2) is 0 Å². The number of aryl methyl sites for hydroxylation is 1. The van der Waals surface area contributed by atoms with Gasteiger partial charge in [0, 0.05) is 38.2 Å². The topological polar surface area (TPSA) is 71.1 Å². The molecule has 0 radical (unpaired) electrons. The maximum Gasteiger partial charge on any atom is 0.253 e. The van der Waals surface area contributed by atoms with E-state index in [0.29, 0.717) is 51.3 Å². The highest BCUT2D eigenvalue weighted by molar-refractivity contribution is 5.94. The fraction of sp³-hybridized carbons (Fsp3) is 0.588. The van der Waals surface area contributed by atoms with Gasteiger partial charge in [-0.3, -0.25) is 14.5 Å². The molecule has 3 heterocycles. The predicted molar refractivity (Wildman–Crippen MR) is 162 cm³/mol. The minimum Gasteiger partial charge on any atom is -0.493 e. The van der Waals surface area contributed by atoms with Crippen LogP contribution in [0.2, 0.25) is 0 Å². The van der Waals surface area contributed by atoms with Crippen molar-refractivity contribution < 1.29 is 19.1 Å². The molecule has 0 aliphatic carbocycles. The Morgan fingerprint density at radius 3 is 2.56 bits per heavy atom. The molecule has 2 saturated heterocycles. The zero-order chi connectivity index (χ0) is 28.3. The van der Waals surface area contributed by atoms with Crippen LogP contribution in [0.3, 0.4) is 0 Å². The van der Waals surface area contributed by atoms with E-state index in [2.05, 4.69) is 22.3 Å². The Morgan fingerprint density at radius 1 is 0.878 bits per heavy atom. The molecule has 222 valence electrons. The monoisotopic (exact) mass is 561 g/mol. The summed E-state index contributed by atoms with van der Waals surface area (Å²) in [6.07, 6.45) is 11.1. The van der Waals surface area contributed by atoms with Gasteiger partial charge >= 0.3 is 0 Å². The Morgan fingerprint density at radius 2 is 1.71 bits per heavy atom. The van der Waals surface area contributed by atoms with Gasteiger partial charge in [0.2, 0.25) is 5.91 Å². The first-order valence-corrected chi connectivity index (χ1v) is 15.8. The van der Waals surface area contributed by atoms with Crippen molar-refractivity contribution in [2.24, 2.45) is 5.41 Å². The highest BCUT2D eigenvalue weighted by Crippen LogP contribution is 2.37. The fourth-order valence-electron chi connectivity index (χ4n) is 6.53. The van der Waals surface area contributed by atoms with E-state index in [-0.39, 0.29) is 17.2 Å². The molecule has 7 nitrogen and oxygen atoms in total. The van der Waals surface area contributed by atoms with Crippen molar-refractivity contribution in [1.82, 2.24) is 15.1 Å². The third kappa shape index (κ3) is 8.48. The number of piperidine rings is 2. The summed E-state index contributed by atoms with van der Waals surface area (Å²) in [6.45, 7) is 6.56. The molecule has 7 heteroatoms. The summed E-state index contributed by atoms with van der Waals surface area (Å²) in [5, 5.41) is 3.22. The number of likely N-dealkylation sites (tertiary alicyclic amines) is 2. The lowest BCUT2D eigenvalue weighted by Crippen LogP contribution is -2.48. The fourth-order valence-corrected chi connectivity index (χ4v) is 6.53. The van der Waals surface area contributed by atoms with E-state index in [9.17, 15) is 9.59 Å². The van der Waals surface area contributed by atoms with E-state index in [4.69, 9.17) is 9.47 Å². The molecule has 0 aromatic heterocycles. The summed E-state index contributed by atoms with van der Waals surface area (Å²) in [5.41, 5.74) is 1.98. The summed E-state index contributed by atoms with van der Waals surface area (Å²) in [6, 6.07) is 15.9. The molecule has 3 aliphatic rings. The van der Waals surface area contributed by atoms with Gasteiger partial charge in [0.1, 0.15) is 18.1 Å². The lowest BCUT2D eigenvalue weighted by Gasteiger charge is -2.42. The Kier molecular flexibility index (Phi) is 10.6.